The Morgan fingerprint density at radius 2 is 1.61 bits per heavy atom. The molecular weight excluding hydrogens is 725 g/mol. The number of aryl methyl sites for hydroxylation is 1. The van der Waals surface area contributed by atoms with Crippen molar-refractivity contribution in [3.8, 4) is 5.75 Å². The molecule has 2 aliphatic heterocycles. The second-order valence-electron chi connectivity index (χ2n) is 12.4. The normalized spacial score (nSPS) is 17.0. The maximum atomic E-state index is 13.8. The third-order valence-electron chi connectivity index (χ3n) is 9.21. The fraction of sp³-hybridized carbons (Fsp3) is 0.200. The summed E-state index contributed by atoms with van der Waals surface area (Å²) in [6.07, 6.45) is 3.73. The Balaban J connectivity index is 1.11. The van der Waals surface area contributed by atoms with E-state index in [9.17, 15) is 19.5 Å². The summed E-state index contributed by atoms with van der Waals surface area (Å²) in [6.45, 7) is 2.76. The van der Waals surface area contributed by atoms with Crippen LogP contribution in [0.15, 0.2) is 137 Å². The third-order valence-corrected chi connectivity index (χ3v) is 11.3. The second-order valence-corrected chi connectivity index (χ2v) is 14.4. The Morgan fingerprint density at radius 1 is 0.981 bits per heavy atom. The molecule has 0 aliphatic carbocycles. The Morgan fingerprint density at radius 3 is 2.19 bits per heavy atom. The Kier molecular flexibility index (Phi) is 10.7. The molecule has 0 spiro atoms. The number of oxime groups is 1. The van der Waals surface area contributed by atoms with Crippen LogP contribution in [0.25, 0.3) is 0 Å². The number of pyridine rings is 1. The molecule has 1 fully saturated rings. The Bertz CT molecular complexity index is 2120. The van der Waals surface area contributed by atoms with Crippen molar-refractivity contribution in [2.24, 2.45) is 5.16 Å². The fourth-order valence-electron chi connectivity index (χ4n) is 6.63. The van der Waals surface area contributed by atoms with Gasteiger partial charge in [0.1, 0.15) is 48.6 Å². The van der Waals surface area contributed by atoms with Crippen LogP contribution >= 0.6 is 23.1 Å². The van der Waals surface area contributed by atoms with Gasteiger partial charge in [0, 0.05) is 22.8 Å². The monoisotopic (exact) mass is 761 g/mol. The lowest BCUT2D eigenvalue weighted by molar-refractivity contribution is -0.693. The van der Waals surface area contributed by atoms with Crippen LogP contribution in [0.2, 0.25) is 0 Å². The largest absolute Gasteiger partial charge is 0.483 e. The van der Waals surface area contributed by atoms with E-state index < -0.39 is 34.7 Å². The van der Waals surface area contributed by atoms with Gasteiger partial charge in [-0.25, -0.2) is 14.3 Å². The number of thioether (sulfide) groups is 1. The Hall–Kier alpha value is -5.99. The van der Waals surface area contributed by atoms with Crippen molar-refractivity contribution in [1.82, 2.24) is 15.2 Å². The van der Waals surface area contributed by atoms with Gasteiger partial charge in [-0.15, -0.1) is 23.1 Å². The molecule has 7 rings (SSSR count). The van der Waals surface area contributed by atoms with E-state index in [0.29, 0.717) is 22.2 Å². The van der Waals surface area contributed by atoms with E-state index >= 15 is 0 Å². The number of carboxylic acid groups (broad SMARTS) is 1. The van der Waals surface area contributed by atoms with Gasteiger partial charge in [0.2, 0.25) is 6.20 Å². The number of amides is 2. The molecule has 0 radical (unpaired) electrons. The lowest BCUT2D eigenvalue weighted by Gasteiger charge is -2.49. The summed E-state index contributed by atoms with van der Waals surface area (Å²) in [5, 5.41) is 22.2. The number of benzene rings is 3. The molecule has 3 aromatic carbocycles. The number of aliphatic carboxylic acids is 1. The van der Waals surface area contributed by atoms with Crippen LogP contribution in [0, 0.1) is 0 Å². The summed E-state index contributed by atoms with van der Waals surface area (Å²) in [5.74, 6) is -1.59. The van der Waals surface area contributed by atoms with Crippen molar-refractivity contribution in [3.05, 3.63) is 155 Å². The number of thiazole rings is 1. The lowest BCUT2D eigenvalue weighted by Crippen LogP contribution is -2.71. The predicted molar refractivity (Wildman–Crippen MR) is 206 cm³/mol. The average Bonchev–Trinajstić information content (AvgIpc) is 3.68. The SMILES string of the molecule is CC[n+]1cccc(OCC2=C(C(=O)O)N3C(=O)[C@@H](NC(=O)/C(=N\OC)c4csc(NC(c5ccccc5)(c5ccccc5)c5ccccc5)n4)[C@H]3SC2)c1. The van der Waals surface area contributed by atoms with Crippen LogP contribution in [0.1, 0.15) is 29.3 Å². The summed E-state index contributed by atoms with van der Waals surface area (Å²) in [5.41, 5.74) is 2.54. The summed E-state index contributed by atoms with van der Waals surface area (Å²) in [7, 11) is 1.32. The Labute approximate surface area is 320 Å². The molecular formula is C40H37N6O6S2+. The van der Waals surface area contributed by atoms with E-state index in [1.165, 1.54) is 35.1 Å². The predicted octanol–water partition coefficient (Wildman–Crippen LogP) is 5.02. The number of carbonyl (C=O) groups is 3. The van der Waals surface area contributed by atoms with Gasteiger partial charge in [0.15, 0.2) is 22.8 Å². The van der Waals surface area contributed by atoms with Gasteiger partial charge in [-0.2, -0.15) is 0 Å². The molecule has 0 saturated carbocycles. The first kappa shape index (κ1) is 36.4. The number of carbonyl (C=O) groups excluding carboxylic acids is 2. The lowest BCUT2D eigenvalue weighted by atomic mass is 9.77. The number of hydrogen-bond donors (Lipinski definition) is 3. The number of fused-ring (bicyclic) bond motifs is 1. The van der Waals surface area contributed by atoms with Gasteiger partial charge in [-0.05, 0) is 29.7 Å². The number of nitrogens with zero attached hydrogens (tertiary/aromatic N) is 4. The highest BCUT2D eigenvalue weighted by Crippen LogP contribution is 2.42. The van der Waals surface area contributed by atoms with Crippen molar-refractivity contribution >= 4 is 51.7 Å². The topological polar surface area (TPSA) is 146 Å². The number of aromatic nitrogens is 2. The number of anilines is 1. The van der Waals surface area contributed by atoms with Crippen molar-refractivity contribution in [3.63, 3.8) is 0 Å². The molecule has 2 amide bonds. The zero-order valence-electron chi connectivity index (χ0n) is 29.4. The molecule has 4 heterocycles. The molecule has 12 nitrogen and oxygen atoms in total. The van der Waals surface area contributed by atoms with E-state index in [1.807, 2.05) is 84.5 Å². The number of β-lactam (4-membered cyclic amide) rings is 1. The molecule has 3 N–H and O–H groups in total. The molecule has 1 saturated heterocycles. The minimum atomic E-state index is -1.24. The minimum absolute atomic E-state index is 0.000822. The molecule has 2 aromatic heterocycles. The fourth-order valence-corrected chi connectivity index (χ4v) is 8.71. The van der Waals surface area contributed by atoms with Crippen molar-refractivity contribution in [1.29, 1.82) is 0 Å². The summed E-state index contributed by atoms with van der Waals surface area (Å²) in [4.78, 5) is 50.8. The van der Waals surface area contributed by atoms with Gasteiger partial charge in [-0.3, -0.25) is 14.5 Å². The number of rotatable bonds is 14. The average molecular weight is 762 g/mol. The highest BCUT2D eigenvalue weighted by molar-refractivity contribution is 8.00. The van der Waals surface area contributed by atoms with E-state index in [0.717, 1.165) is 23.2 Å². The molecule has 274 valence electrons. The minimum Gasteiger partial charge on any atom is -0.483 e. The first-order valence-electron chi connectivity index (χ1n) is 17.2. The van der Waals surface area contributed by atoms with Crippen molar-refractivity contribution < 1.29 is 33.6 Å². The summed E-state index contributed by atoms with van der Waals surface area (Å²) >= 11 is 2.65. The zero-order chi connectivity index (χ0) is 37.7. The molecule has 5 aromatic rings. The first-order valence-corrected chi connectivity index (χ1v) is 19.1. The smallest absolute Gasteiger partial charge is 0.352 e. The first-order chi connectivity index (χ1) is 26.3. The summed E-state index contributed by atoms with van der Waals surface area (Å²) in [6, 6.07) is 32.8. The van der Waals surface area contributed by atoms with Crippen LogP contribution in [0.4, 0.5) is 5.13 Å². The molecule has 54 heavy (non-hydrogen) atoms. The molecule has 14 heteroatoms. The molecule has 2 aliphatic rings. The van der Waals surface area contributed by atoms with E-state index in [1.54, 1.807) is 11.4 Å². The van der Waals surface area contributed by atoms with Crippen molar-refractivity contribution in [2.45, 2.75) is 30.4 Å². The maximum Gasteiger partial charge on any atom is 0.352 e. The highest BCUT2D eigenvalue weighted by atomic mass is 32.2. The molecule has 0 bridgehead atoms. The van der Waals surface area contributed by atoms with E-state index in [4.69, 9.17) is 14.6 Å². The van der Waals surface area contributed by atoms with Gasteiger partial charge in [0.25, 0.3) is 11.8 Å². The van der Waals surface area contributed by atoms with Crippen LogP contribution in [0.3, 0.4) is 0 Å². The molecule has 2 atom stereocenters. The number of ether oxygens (including phenoxy) is 1. The highest BCUT2D eigenvalue weighted by Gasteiger charge is 2.54. The zero-order valence-corrected chi connectivity index (χ0v) is 31.0. The van der Waals surface area contributed by atoms with Crippen LogP contribution in [0.5, 0.6) is 5.75 Å². The van der Waals surface area contributed by atoms with E-state index in [-0.39, 0.29) is 23.7 Å². The number of hydrogen-bond acceptors (Lipinski definition) is 10. The van der Waals surface area contributed by atoms with Gasteiger partial charge >= 0.3 is 5.97 Å². The quantitative estimate of drug-likeness (QED) is 0.0467. The van der Waals surface area contributed by atoms with Crippen LogP contribution in [-0.2, 0) is 31.3 Å². The van der Waals surface area contributed by atoms with Crippen LogP contribution < -0.4 is 19.9 Å². The van der Waals surface area contributed by atoms with Crippen LogP contribution in [-0.4, -0.2) is 69.4 Å². The molecule has 0 unspecified atom stereocenters. The van der Waals surface area contributed by atoms with Gasteiger partial charge < -0.3 is 25.3 Å². The second kappa shape index (κ2) is 15.9. The summed E-state index contributed by atoms with van der Waals surface area (Å²) < 4.78 is 7.86. The number of nitrogens with one attached hydrogen (secondary N) is 2. The third kappa shape index (κ3) is 7.05. The van der Waals surface area contributed by atoms with E-state index in [2.05, 4.69) is 52.2 Å². The van der Waals surface area contributed by atoms with Crippen molar-refractivity contribution in [2.75, 3.05) is 24.8 Å². The van der Waals surface area contributed by atoms with Gasteiger partial charge in [0.05, 0.1) is 0 Å². The maximum absolute atomic E-state index is 13.8. The van der Waals surface area contributed by atoms with Gasteiger partial charge in [-0.1, -0.05) is 96.2 Å². The number of carboxylic acids is 1. The standard InChI is InChI=1S/C40H36N6O6S2/c1-3-45-21-13-20-30(22-45)52-23-26-24-53-37-33(36(48)46(37)34(26)38(49)50)42-35(47)32(44-51-2)31-25-54-39(41-31)43-40(27-14-7-4-8-15-27,28-16-9-5-10-17-28)29-18-11-6-12-19-29/h4-22,25,33,37H,3,23-24H2,1-2H3,(H2-,41,42,43,47,49,50)/p+1/b44-32-/t33-,37-/m1/s1.